The minimum Gasteiger partial charge on any atom is -0.468 e. The maximum Gasteiger partial charge on any atom is 0.355 e. The van der Waals surface area contributed by atoms with E-state index in [4.69, 9.17) is 9.47 Å². The fourth-order valence-electron chi connectivity index (χ4n) is 2.96. The number of ketones is 1. The van der Waals surface area contributed by atoms with E-state index >= 15 is 0 Å². The number of thioether (sulfide) groups is 1. The zero-order valence-electron chi connectivity index (χ0n) is 13.7. The molecule has 0 aromatic carbocycles. The lowest BCUT2D eigenvalue weighted by atomic mass is 9.77. The highest BCUT2D eigenvalue weighted by Crippen LogP contribution is 2.34. The Kier molecular flexibility index (Phi) is 5.51. The summed E-state index contributed by atoms with van der Waals surface area (Å²) in [4.78, 5) is 39.7. The Hall–Kier alpha value is -1.76. The number of aromatic amines is 1. The smallest absolute Gasteiger partial charge is 0.355 e. The van der Waals surface area contributed by atoms with Gasteiger partial charge in [-0.1, -0.05) is 6.92 Å². The van der Waals surface area contributed by atoms with Crippen molar-refractivity contribution in [2.45, 2.75) is 20.3 Å². The minimum atomic E-state index is -0.817. The Labute approximate surface area is 139 Å². The first-order valence-corrected chi connectivity index (χ1v) is 8.81. The Morgan fingerprint density at radius 1 is 1.39 bits per heavy atom. The molecule has 1 aromatic heterocycles. The largest absolute Gasteiger partial charge is 0.468 e. The van der Waals surface area contributed by atoms with E-state index in [2.05, 4.69) is 4.98 Å². The Morgan fingerprint density at radius 2 is 2.09 bits per heavy atom. The van der Waals surface area contributed by atoms with E-state index in [-0.39, 0.29) is 11.7 Å². The number of esters is 2. The van der Waals surface area contributed by atoms with E-state index in [1.807, 2.05) is 13.2 Å². The van der Waals surface area contributed by atoms with Crippen molar-refractivity contribution in [2.24, 2.45) is 11.8 Å². The van der Waals surface area contributed by atoms with Crippen molar-refractivity contribution < 1.29 is 23.9 Å². The third-order valence-corrected chi connectivity index (χ3v) is 4.71. The van der Waals surface area contributed by atoms with Crippen molar-refractivity contribution >= 4 is 29.5 Å². The number of H-pyrrole nitrogens is 1. The van der Waals surface area contributed by atoms with Crippen LogP contribution in [0.25, 0.3) is 0 Å². The summed E-state index contributed by atoms with van der Waals surface area (Å²) in [5.41, 5.74) is 1.95. The molecule has 126 valence electrons. The monoisotopic (exact) mass is 339 g/mol. The van der Waals surface area contributed by atoms with Gasteiger partial charge in [0.1, 0.15) is 18.2 Å². The minimum absolute atomic E-state index is 0.180. The van der Waals surface area contributed by atoms with Gasteiger partial charge in [-0.15, -0.1) is 0 Å². The van der Waals surface area contributed by atoms with Crippen molar-refractivity contribution in [1.82, 2.24) is 4.98 Å². The van der Waals surface area contributed by atoms with Gasteiger partial charge < -0.3 is 14.5 Å². The molecule has 2 atom stereocenters. The lowest BCUT2D eigenvalue weighted by molar-refractivity contribution is -0.145. The number of carbonyl (C=O) groups excluding carboxylic acids is 3. The SMILES string of the molecule is COC(=O)[C@@H]1C(=O)c2c([nH]c(C(=O)OCCSC)c2C)C[C@@H]1C. The van der Waals surface area contributed by atoms with Crippen LogP contribution < -0.4 is 0 Å². The second kappa shape index (κ2) is 7.21. The molecule has 0 bridgehead atoms. The molecule has 23 heavy (non-hydrogen) atoms. The lowest BCUT2D eigenvalue weighted by Gasteiger charge is -2.25. The van der Waals surface area contributed by atoms with E-state index in [1.54, 1.807) is 18.7 Å². The van der Waals surface area contributed by atoms with Crippen LogP contribution in [0, 0.1) is 18.8 Å². The summed E-state index contributed by atoms with van der Waals surface area (Å²) in [6.45, 7) is 3.84. The molecule has 7 heteroatoms. The number of Topliss-reactive ketones (excluding diaryl/α,β-unsaturated/α-hetero) is 1. The molecule has 0 aliphatic heterocycles. The van der Waals surface area contributed by atoms with Crippen LogP contribution in [0.3, 0.4) is 0 Å². The molecule has 1 N–H and O–H groups in total. The van der Waals surface area contributed by atoms with Crippen molar-refractivity contribution in [3.8, 4) is 0 Å². The molecular weight excluding hydrogens is 318 g/mol. The van der Waals surface area contributed by atoms with Crippen molar-refractivity contribution in [1.29, 1.82) is 0 Å². The van der Waals surface area contributed by atoms with Gasteiger partial charge in [-0.05, 0) is 31.1 Å². The second-order valence-corrected chi connectivity index (χ2v) is 6.64. The second-order valence-electron chi connectivity index (χ2n) is 5.65. The molecule has 1 aliphatic rings. The van der Waals surface area contributed by atoms with Crippen LogP contribution in [0.1, 0.15) is 39.0 Å². The van der Waals surface area contributed by atoms with Crippen LogP contribution in [0.15, 0.2) is 0 Å². The normalized spacial score (nSPS) is 20.1. The summed E-state index contributed by atoms with van der Waals surface area (Å²) in [7, 11) is 1.27. The van der Waals surface area contributed by atoms with E-state index < -0.39 is 17.9 Å². The maximum atomic E-state index is 12.7. The number of rotatable bonds is 5. The number of nitrogens with one attached hydrogen (secondary N) is 1. The summed E-state index contributed by atoms with van der Waals surface area (Å²) in [6, 6.07) is 0. The van der Waals surface area contributed by atoms with Gasteiger partial charge in [-0.3, -0.25) is 9.59 Å². The third-order valence-electron chi connectivity index (χ3n) is 4.13. The Bertz CT molecular complexity index is 637. The number of fused-ring (bicyclic) bond motifs is 1. The maximum absolute atomic E-state index is 12.7. The zero-order chi connectivity index (χ0) is 17.1. The average Bonchev–Trinajstić information content (AvgIpc) is 2.84. The van der Waals surface area contributed by atoms with Crippen LogP contribution in [-0.4, -0.2) is 48.4 Å². The van der Waals surface area contributed by atoms with Gasteiger partial charge in [-0.2, -0.15) is 11.8 Å². The highest BCUT2D eigenvalue weighted by molar-refractivity contribution is 7.98. The highest BCUT2D eigenvalue weighted by atomic mass is 32.2. The summed E-state index contributed by atoms with van der Waals surface area (Å²) >= 11 is 1.58. The Morgan fingerprint density at radius 3 is 2.70 bits per heavy atom. The fraction of sp³-hybridized carbons (Fsp3) is 0.562. The standard InChI is InChI=1S/C16H21NO5S/c1-8-7-10-12(14(18)11(8)15(19)21-3)9(2)13(17-10)16(20)22-5-6-23-4/h8,11,17H,5-7H2,1-4H3/t8-,11-/m0/s1. The molecular formula is C16H21NO5S. The molecule has 1 heterocycles. The van der Waals surface area contributed by atoms with Gasteiger partial charge in [0.05, 0.1) is 7.11 Å². The molecule has 0 unspecified atom stereocenters. The number of hydrogen-bond acceptors (Lipinski definition) is 6. The summed E-state index contributed by atoms with van der Waals surface area (Å²) < 4.78 is 9.93. The average molecular weight is 339 g/mol. The topological polar surface area (TPSA) is 85.5 Å². The van der Waals surface area contributed by atoms with Crippen LogP contribution in [0.5, 0.6) is 0 Å². The molecule has 1 aliphatic carbocycles. The van der Waals surface area contributed by atoms with Gasteiger partial charge in [0, 0.05) is 17.0 Å². The molecule has 0 amide bonds. The van der Waals surface area contributed by atoms with E-state index in [0.717, 1.165) is 0 Å². The van der Waals surface area contributed by atoms with E-state index in [0.29, 0.717) is 41.3 Å². The summed E-state index contributed by atoms with van der Waals surface area (Å²) in [5.74, 6) is -1.57. The van der Waals surface area contributed by atoms with Crippen molar-refractivity contribution in [3.63, 3.8) is 0 Å². The van der Waals surface area contributed by atoms with Gasteiger partial charge in [0.15, 0.2) is 5.78 Å². The first-order chi connectivity index (χ1) is 10.9. The quantitative estimate of drug-likeness (QED) is 0.502. The molecule has 0 radical (unpaired) electrons. The van der Waals surface area contributed by atoms with Gasteiger partial charge in [0.2, 0.25) is 0 Å². The first kappa shape index (κ1) is 17.6. The predicted molar refractivity (Wildman–Crippen MR) is 86.9 cm³/mol. The molecule has 2 rings (SSSR count). The van der Waals surface area contributed by atoms with Crippen LogP contribution in [0.4, 0.5) is 0 Å². The Balaban J connectivity index is 2.31. The van der Waals surface area contributed by atoms with Gasteiger partial charge in [-0.25, -0.2) is 4.79 Å². The summed E-state index contributed by atoms with van der Waals surface area (Å²) in [6.07, 6.45) is 2.44. The van der Waals surface area contributed by atoms with Gasteiger partial charge in [0.25, 0.3) is 0 Å². The predicted octanol–water partition coefficient (Wildman–Crippen LogP) is 2.01. The lowest BCUT2D eigenvalue weighted by Crippen LogP contribution is -2.36. The van der Waals surface area contributed by atoms with Gasteiger partial charge >= 0.3 is 11.9 Å². The summed E-state index contributed by atoms with van der Waals surface area (Å²) in [5, 5.41) is 0. The molecule has 0 spiro atoms. The number of ether oxygens (including phenoxy) is 2. The fourth-order valence-corrected chi connectivity index (χ4v) is 3.21. The molecule has 0 fully saturated rings. The number of methoxy groups -OCH3 is 1. The number of hydrogen-bond donors (Lipinski definition) is 1. The third kappa shape index (κ3) is 3.29. The van der Waals surface area contributed by atoms with Crippen LogP contribution in [-0.2, 0) is 20.7 Å². The number of aromatic nitrogens is 1. The van der Waals surface area contributed by atoms with Crippen LogP contribution >= 0.6 is 11.8 Å². The van der Waals surface area contributed by atoms with Crippen LogP contribution in [0.2, 0.25) is 0 Å². The van der Waals surface area contributed by atoms with Crippen molar-refractivity contribution in [2.75, 3.05) is 25.7 Å². The molecule has 1 aromatic rings. The zero-order valence-corrected chi connectivity index (χ0v) is 14.5. The van der Waals surface area contributed by atoms with Crippen molar-refractivity contribution in [3.05, 3.63) is 22.5 Å². The number of carbonyl (C=O) groups is 3. The highest BCUT2D eigenvalue weighted by Gasteiger charge is 2.41. The molecule has 0 saturated carbocycles. The van der Waals surface area contributed by atoms with E-state index in [1.165, 1.54) is 7.11 Å². The first-order valence-electron chi connectivity index (χ1n) is 7.41. The molecule has 0 saturated heterocycles. The molecule has 6 nitrogen and oxygen atoms in total. The van der Waals surface area contributed by atoms with E-state index in [9.17, 15) is 14.4 Å².